The average Bonchev–Trinajstić information content (AvgIpc) is 2.62. The van der Waals surface area contributed by atoms with Crippen LogP contribution in [-0.4, -0.2) is 69.3 Å². The number of benzene rings is 1. The van der Waals surface area contributed by atoms with Crippen LogP contribution in [0.15, 0.2) is 18.2 Å². The Morgan fingerprint density at radius 3 is 2.58 bits per heavy atom. The van der Waals surface area contributed by atoms with Crippen LogP contribution in [0.4, 0.5) is 0 Å². The van der Waals surface area contributed by atoms with Gasteiger partial charge < -0.3 is 19.7 Å². The van der Waals surface area contributed by atoms with Gasteiger partial charge in [-0.2, -0.15) is 0 Å². The lowest BCUT2D eigenvalue weighted by atomic mass is 10.0. The predicted molar refractivity (Wildman–Crippen MR) is 99.1 cm³/mol. The lowest BCUT2D eigenvalue weighted by molar-refractivity contribution is 0.111. The van der Waals surface area contributed by atoms with Crippen LogP contribution in [0.5, 0.6) is 11.5 Å². The van der Waals surface area contributed by atoms with Gasteiger partial charge in [0.25, 0.3) is 0 Å². The first kappa shape index (κ1) is 19.0. The lowest BCUT2D eigenvalue weighted by Gasteiger charge is -2.40. The highest BCUT2D eigenvalue weighted by atomic mass is 16.5. The predicted octanol–water partition coefficient (Wildman–Crippen LogP) is 2.38. The molecule has 1 aliphatic heterocycles. The Morgan fingerprint density at radius 2 is 2.00 bits per heavy atom. The molecule has 2 atom stereocenters. The van der Waals surface area contributed by atoms with Crippen LogP contribution in [0.3, 0.4) is 0 Å². The number of nitrogens with zero attached hydrogens (tertiary/aromatic N) is 2. The molecule has 1 aromatic rings. The standard InChI is InChI=1S/C19H33N3O2/c1-6-21(7-2)14-18(22-11-10-20-15(3)13-22)17-12-16(23-4)8-9-19(17)24-5/h8-9,12,15,18,20H,6-7,10-11,13-14H2,1-5H3. The van der Waals surface area contributed by atoms with Crippen LogP contribution in [-0.2, 0) is 0 Å². The minimum absolute atomic E-state index is 0.305. The molecule has 136 valence electrons. The number of hydrogen-bond donors (Lipinski definition) is 1. The van der Waals surface area contributed by atoms with Crippen molar-refractivity contribution in [3.8, 4) is 11.5 Å². The molecular formula is C19H33N3O2. The van der Waals surface area contributed by atoms with Crippen molar-refractivity contribution >= 4 is 0 Å². The number of methoxy groups -OCH3 is 2. The van der Waals surface area contributed by atoms with Crippen molar-refractivity contribution in [1.82, 2.24) is 15.1 Å². The molecule has 0 spiro atoms. The van der Waals surface area contributed by atoms with Gasteiger partial charge in [-0.3, -0.25) is 4.90 Å². The van der Waals surface area contributed by atoms with Gasteiger partial charge in [-0.25, -0.2) is 0 Å². The molecule has 5 heteroatoms. The molecule has 5 nitrogen and oxygen atoms in total. The number of likely N-dealkylation sites (N-methyl/N-ethyl adjacent to an activating group) is 1. The van der Waals surface area contributed by atoms with E-state index in [9.17, 15) is 0 Å². The summed E-state index contributed by atoms with van der Waals surface area (Å²) in [5, 5.41) is 3.54. The van der Waals surface area contributed by atoms with Gasteiger partial charge in [0.15, 0.2) is 0 Å². The highest BCUT2D eigenvalue weighted by molar-refractivity contribution is 5.42. The number of piperazine rings is 1. The number of hydrogen-bond acceptors (Lipinski definition) is 5. The Balaban J connectivity index is 2.36. The number of rotatable bonds is 8. The van der Waals surface area contributed by atoms with Gasteiger partial charge in [-0.05, 0) is 38.2 Å². The van der Waals surface area contributed by atoms with E-state index in [1.165, 1.54) is 5.56 Å². The maximum absolute atomic E-state index is 5.68. The second kappa shape index (κ2) is 9.25. The van der Waals surface area contributed by atoms with E-state index >= 15 is 0 Å². The molecule has 0 aromatic heterocycles. The zero-order chi connectivity index (χ0) is 17.5. The van der Waals surface area contributed by atoms with E-state index in [1.54, 1.807) is 14.2 Å². The highest BCUT2D eigenvalue weighted by Crippen LogP contribution is 2.34. The summed E-state index contributed by atoms with van der Waals surface area (Å²) in [4.78, 5) is 5.06. The molecule has 0 amide bonds. The van der Waals surface area contributed by atoms with Gasteiger partial charge in [-0.1, -0.05) is 13.8 Å². The summed E-state index contributed by atoms with van der Waals surface area (Å²) in [5.41, 5.74) is 1.22. The Hall–Kier alpha value is -1.30. The molecule has 1 aliphatic rings. The summed E-state index contributed by atoms with van der Waals surface area (Å²) in [5.74, 6) is 1.83. The van der Waals surface area contributed by atoms with E-state index < -0.39 is 0 Å². The fourth-order valence-electron chi connectivity index (χ4n) is 3.48. The van der Waals surface area contributed by atoms with E-state index in [4.69, 9.17) is 9.47 Å². The van der Waals surface area contributed by atoms with Crippen molar-refractivity contribution in [3.05, 3.63) is 23.8 Å². The van der Waals surface area contributed by atoms with Crippen LogP contribution in [0.2, 0.25) is 0 Å². The maximum Gasteiger partial charge on any atom is 0.123 e. The van der Waals surface area contributed by atoms with E-state index in [2.05, 4.69) is 42.0 Å². The van der Waals surface area contributed by atoms with E-state index in [1.807, 2.05) is 12.1 Å². The van der Waals surface area contributed by atoms with Gasteiger partial charge in [0.2, 0.25) is 0 Å². The molecule has 0 saturated carbocycles. The summed E-state index contributed by atoms with van der Waals surface area (Å²) < 4.78 is 11.1. The molecule has 2 unspecified atom stereocenters. The highest BCUT2D eigenvalue weighted by Gasteiger charge is 2.28. The molecule has 24 heavy (non-hydrogen) atoms. The first-order valence-corrected chi connectivity index (χ1v) is 9.04. The SMILES string of the molecule is CCN(CC)CC(c1cc(OC)ccc1OC)N1CCNC(C)C1. The Bertz CT molecular complexity index is 505. The number of ether oxygens (including phenoxy) is 2. The minimum atomic E-state index is 0.305. The minimum Gasteiger partial charge on any atom is -0.497 e. The molecule has 1 aromatic carbocycles. The molecule has 0 radical (unpaired) electrons. The van der Waals surface area contributed by atoms with Crippen LogP contribution < -0.4 is 14.8 Å². The van der Waals surface area contributed by atoms with Crippen molar-refractivity contribution < 1.29 is 9.47 Å². The van der Waals surface area contributed by atoms with Gasteiger partial charge in [0.1, 0.15) is 11.5 Å². The third kappa shape index (κ3) is 4.62. The fourth-order valence-corrected chi connectivity index (χ4v) is 3.48. The topological polar surface area (TPSA) is 37.0 Å². The quantitative estimate of drug-likeness (QED) is 0.789. The lowest BCUT2D eigenvalue weighted by Crippen LogP contribution is -2.52. The van der Waals surface area contributed by atoms with Crippen LogP contribution in [0, 0.1) is 0 Å². The normalized spacial score (nSPS) is 20.2. The largest absolute Gasteiger partial charge is 0.497 e. The third-order valence-electron chi connectivity index (χ3n) is 4.96. The first-order chi connectivity index (χ1) is 11.6. The van der Waals surface area contributed by atoms with Crippen LogP contribution in [0.25, 0.3) is 0 Å². The van der Waals surface area contributed by atoms with Crippen LogP contribution in [0.1, 0.15) is 32.4 Å². The maximum atomic E-state index is 5.68. The smallest absolute Gasteiger partial charge is 0.123 e. The first-order valence-electron chi connectivity index (χ1n) is 9.04. The molecular weight excluding hydrogens is 302 g/mol. The molecule has 1 N–H and O–H groups in total. The van der Waals surface area contributed by atoms with Gasteiger partial charge in [-0.15, -0.1) is 0 Å². The van der Waals surface area contributed by atoms with Gasteiger partial charge in [0, 0.05) is 37.8 Å². The summed E-state index contributed by atoms with van der Waals surface area (Å²) >= 11 is 0. The van der Waals surface area contributed by atoms with Crippen molar-refractivity contribution in [2.75, 3.05) is 53.5 Å². The Kier molecular flexibility index (Phi) is 7.34. The van der Waals surface area contributed by atoms with Crippen molar-refractivity contribution in [1.29, 1.82) is 0 Å². The zero-order valence-corrected chi connectivity index (χ0v) is 15.8. The molecule has 0 bridgehead atoms. The fraction of sp³-hybridized carbons (Fsp3) is 0.684. The monoisotopic (exact) mass is 335 g/mol. The van der Waals surface area contributed by atoms with Crippen molar-refractivity contribution in [2.24, 2.45) is 0 Å². The van der Waals surface area contributed by atoms with E-state index in [0.29, 0.717) is 12.1 Å². The van der Waals surface area contributed by atoms with Gasteiger partial charge in [0.05, 0.1) is 20.3 Å². The summed E-state index contributed by atoms with van der Waals surface area (Å²) in [6.45, 7) is 13.0. The second-order valence-corrected chi connectivity index (χ2v) is 6.46. The molecule has 1 saturated heterocycles. The summed E-state index contributed by atoms with van der Waals surface area (Å²) in [6.07, 6.45) is 0. The average molecular weight is 335 g/mol. The van der Waals surface area contributed by atoms with Gasteiger partial charge >= 0.3 is 0 Å². The molecule has 1 heterocycles. The Morgan fingerprint density at radius 1 is 1.25 bits per heavy atom. The molecule has 1 fully saturated rings. The van der Waals surface area contributed by atoms with E-state index in [-0.39, 0.29) is 0 Å². The summed E-state index contributed by atoms with van der Waals surface area (Å²) in [6, 6.07) is 6.94. The van der Waals surface area contributed by atoms with Crippen molar-refractivity contribution in [3.63, 3.8) is 0 Å². The summed E-state index contributed by atoms with van der Waals surface area (Å²) in [7, 11) is 3.47. The second-order valence-electron chi connectivity index (χ2n) is 6.46. The van der Waals surface area contributed by atoms with Crippen LogP contribution >= 0.6 is 0 Å². The number of nitrogens with one attached hydrogen (secondary N) is 1. The van der Waals surface area contributed by atoms with Crippen molar-refractivity contribution in [2.45, 2.75) is 32.9 Å². The van der Waals surface area contributed by atoms with E-state index in [0.717, 1.165) is 50.8 Å². The third-order valence-corrected chi connectivity index (χ3v) is 4.96. The molecule has 0 aliphatic carbocycles. The Labute approximate surface area is 146 Å². The zero-order valence-electron chi connectivity index (χ0n) is 15.8. The molecule has 2 rings (SSSR count).